The van der Waals surface area contributed by atoms with Crippen molar-refractivity contribution >= 4 is 5.91 Å². The number of likely N-dealkylation sites (tertiary alicyclic amines) is 1. The second kappa shape index (κ2) is 6.21. The topological polar surface area (TPSA) is 45.7 Å². The summed E-state index contributed by atoms with van der Waals surface area (Å²) >= 11 is 0. The average Bonchev–Trinajstić information content (AvgIpc) is 3.42. The Bertz CT molecular complexity index is 551. The van der Waals surface area contributed by atoms with Crippen molar-refractivity contribution in [3.05, 3.63) is 30.1 Å². The highest BCUT2D eigenvalue weighted by Gasteiger charge is 2.41. The molecule has 0 aromatic carbocycles. The summed E-state index contributed by atoms with van der Waals surface area (Å²) in [5.74, 6) is 1.03. The molecule has 0 N–H and O–H groups in total. The number of morpholine rings is 1. The van der Waals surface area contributed by atoms with Crippen molar-refractivity contribution in [2.75, 3.05) is 39.3 Å². The summed E-state index contributed by atoms with van der Waals surface area (Å²) in [6.07, 6.45) is 8.25. The van der Waals surface area contributed by atoms with Gasteiger partial charge in [0.15, 0.2) is 0 Å². The van der Waals surface area contributed by atoms with Crippen LogP contribution in [0.1, 0.15) is 36.0 Å². The second-order valence-electron chi connectivity index (χ2n) is 7.24. The van der Waals surface area contributed by atoms with E-state index in [0.29, 0.717) is 18.7 Å². The predicted octanol–water partition coefficient (Wildman–Crippen LogP) is 1.80. The fraction of sp³-hybridized carbons (Fsp3) is 0.667. The van der Waals surface area contributed by atoms with Gasteiger partial charge >= 0.3 is 0 Å². The van der Waals surface area contributed by atoms with Gasteiger partial charge in [0, 0.05) is 38.6 Å². The maximum absolute atomic E-state index is 12.7. The zero-order valence-corrected chi connectivity index (χ0v) is 13.6. The summed E-state index contributed by atoms with van der Waals surface area (Å²) in [4.78, 5) is 21.3. The molecule has 0 unspecified atom stereocenters. The lowest BCUT2D eigenvalue weighted by Crippen LogP contribution is -2.58. The van der Waals surface area contributed by atoms with E-state index in [1.807, 2.05) is 17.0 Å². The molecule has 0 radical (unpaired) electrons. The number of ether oxygens (including phenoxy) is 1. The van der Waals surface area contributed by atoms with Crippen molar-refractivity contribution in [3.8, 4) is 0 Å². The van der Waals surface area contributed by atoms with Gasteiger partial charge in [0.05, 0.1) is 24.3 Å². The SMILES string of the molecule is O=C(c1cccnc1)N1CCOC2(CCN(CC3CC3)CC2)C1. The van der Waals surface area contributed by atoms with Crippen LogP contribution in [0.4, 0.5) is 0 Å². The third-order valence-corrected chi connectivity index (χ3v) is 5.42. The molecule has 1 aromatic rings. The average molecular weight is 315 g/mol. The van der Waals surface area contributed by atoms with Gasteiger partial charge in [0.25, 0.3) is 5.91 Å². The minimum absolute atomic E-state index is 0.0844. The Morgan fingerprint density at radius 3 is 2.83 bits per heavy atom. The lowest BCUT2D eigenvalue weighted by atomic mass is 9.89. The van der Waals surface area contributed by atoms with Gasteiger partial charge in [-0.05, 0) is 43.7 Å². The van der Waals surface area contributed by atoms with Gasteiger partial charge < -0.3 is 14.5 Å². The Labute approximate surface area is 137 Å². The molecule has 1 amide bonds. The van der Waals surface area contributed by atoms with Crippen molar-refractivity contribution in [1.82, 2.24) is 14.8 Å². The number of amides is 1. The molecule has 2 saturated heterocycles. The summed E-state index contributed by atoms with van der Waals surface area (Å²) in [6, 6.07) is 3.66. The molecule has 124 valence electrons. The van der Waals surface area contributed by atoms with Crippen LogP contribution in [0, 0.1) is 5.92 Å². The molecule has 0 atom stereocenters. The Hall–Kier alpha value is -1.46. The van der Waals surface area contributed by atoms with Gasteiger partial charge in [-0.25, -0.2) is 0 Å². The zero-order valence-electron chi connectivity index (χ0n) is 13.6. The quantitative estimate of drug-likeness (QED) is 0.853. The molecular formula is C18H25N3O2. The van der Waals surface area contributed by atoms with Crippen LogP contribution in [-0.4, -0.2) is 65.6 Å². The van der Waals surface area contributed by atoms with E-state index in [-0.39, 0.29) is 11.5 Å². The van der Waals surface area contributed by atoms with Crippen LogP contribution in [0.5, 0.6) is 0 Å². The first-order chi connectivity index (χ1) is 11.2. The van der Waals surface area contributed by atoms with Gasteiger partial charge in [-0.1, -0.05) is 0 Å². The molecule has 3 heterocycles. The van der Waals surface area contributed by atoms with Crippen LogP contribution < -0.4 is 0 Å². The fourth-order valence-electron chi connectivity index (χ4n) is 3.80. The van der Waals surface area contributed by atoms with E-state index >= 15 is 0 Å². The van der Waals surface area contributed by atoms with Crippen LogP contribution in [0.2, 0.25) is 0 Å². The molecular weight excluding hydrogens is 290 g/mol. The molecule has 5 heteroatoms. The van der Waals surface area contributed by atoms with E-state index < -0.39 is 0 Å². The van der Waals surface area contributed by atoms with Crippen LogP contribution in [-0.2, 0) is 4.74 Å². The first-order valence-corrected chi connectivity index (χ1v) is 8.80. The minimum atomic E-state index is -0.129. The smallest absolute Gasteiger partial charge is 0.255 e. The van der Waals surface area contributed by atoms with Crippen molar-refractivity contribution in [2.24, 2.45) is 5.92 Å². The van der Waals surface area contributed by atoms with E-state index in [1.54, 1.807) is 12.4 Å². The molecule has 23 heavy (non-hydrogen) atoms. The Morgan fingerprint density at radius 2 is 2.13 bits per heavy atom. The van der Waals surface area contributed by atoms with Gasteiger partial charge in [0.1, 0.15) is 0 Å². The van der Waals surface area contributed by atoms with Crippen LogP contribution in [0.3, 0.4) is 0 Å². The van der Waals surface area contributed by atoms with Gasteiger partial charge in [-0.2, -0.15) is 0 Å². The highest BCUT2D eigenvalue weighted by Crippen LogP contribution is 2.34. The van der Waals surface area contributed by atoms with Crippen LogP contribution >= 0.6 is 0 Å². The maximum Gasteiger partial charge on any atom is 0.255 e. The number of aromatic nitrogens is 1. The van der Waals surface area contributed by atoms with Crippen LogP contribution in [0.15, 0.2) is 24.5 Å². The Balaban J connectivity index is 1.38. The number of piperidine rings is 1. The van der Waals surface area contributed by atoms with Gasteiger partial charge in [-0.15, -0.1) is 0 Å². The molecule has 4 rings (SSSR count). The molecule has 5 nitrogen and oxygen atoms in total. The number of nitrogens with zero attached hydrogens (tertiary/aromatic N) is 3. The van der Waals surface area contributed by atoms with Crippen molar-refractivity contribution < 1.29 is 9.53 Å². The van der Waals surface area contributed by atoms with E-state index in [4.69, 9.17) is 4.74 Å². The van der Waals surface area contributed by atoms with Crippen molar-refractivity contribution in [1.29, 1.82) is 0 Å². The number of carbonyl (C=O) groups is 1. The first-order valence-electron chi connectivity index (χ1n) is 8.80. The highest BCUT2D eigenvalue weighted by molar-refractivity contribution is 5.94. The predicted molar refractivity (Wildman–Crippen MR) is 87.2 cm³/mol. The molecule has 2 aliphatic heterocycles. The molecule has 1 spiro atoms. The number of pyridine rings is 1. The highest BCUT2D eigenvalue weighted by atomic mass is 16.5. The van der Waals surface area contributed by atoms with Crippen LogP contribution in [0.25, 0.3) is 0 Å². The number of hydrogen-bond donors (Lipinski definition) is 0. The van der Waals surface area contributed by atoms with E-state index in [0.717, 1.165) is 38.4 Å². The Kier molecular flexibility index (Phi) is 4.07. The number of rotatable bonds is 3. The largest absolute Gasteiger partial charge is 0.371 e. The van der Waals surface area contributed by atoms with Gasteiger partial charge in [-0.3, -0.25) is 9.78 Å². The van der Waals surface area contributed by atoms with Crippen molar-refractivity contribution in [3.63, 3.8) is 0 Å². The summed E-state index contributed by atoms with van der Waals surface area (Å²) in [7, 11) is 0. The standard InChI is InChI=1S/C18H25N3O2/c22-17(16-2-1-7-19-12-16)21-10-11-23-18(14-21)5-8-20(9-6-18)13-15-3-4-15/h1-2,7,12,15H,3-6,8-11,13-14H2. The molecule has 1 aliphatic carbocycles. The maximum atomic E-state index is 12.7. The van der Waals surface area contributed by atoms with Crippen molar-refractivity contribution in [2.45, 2.75) is 31.3 Å². The first kappa shape index (κ1) is 15.1. The second-order valence-corrected chi connectivity index (χ2v) is 7.24. The number of carbonyl (C=O) groups excluding carboxylic acids is 1. The zero-order chi connectivity index (χ0) is 15.7. The fourth-order valence-corrected chi connectivity index (χ4v) is 3.80. The third-order valence-electron chi connectivity index (χ3n) is 5.42. The summed E-state index contributed by atoms with van der Waals surface area (Å²) in [6.45, 7) is 5.51. The molecule has 1 saturated carbocycles. The molecule has 1 aromatic heterocycles. The van der Waals surface area contributed by atoms with E-state index in [2.05, 4.69) is 9.88 Å². The minimum Gasteiger partial charge on any atom is -0.371 e. The van der Waals surface area contributed by atoms with E-state index in [9.17, 15) is 4.79 Å². The van der Waals surface area contributed by atoms with E-state index in [1.165, 1.54) is 19.4 Å². The number of hydrogen-bond acceptors (Lipinski definition) is 4. The normalized spacial score (nSPS) is 24.8. The summed E-state index contributed by atoms with van der Waals surface area (Å²) in [5, 5.41) is 0. The summed E-state index contributed by atoms with van der Waals surface area (Å²) < 4.78 is 6.16. The lowest BCUT2D eigenvalue weighted by Gasteiger charge is -2.47. The molecule has 0 bridgehead atoms. The Morgan fingerprint density at radius 1 is 1.30 bits per heavy atom. The molecule has 3 aliphatic rings. The molecule has 3 fully saturated rings. The monoisotopic (exact) mass is 315 g/mol. The third kappa shape index (κ3) is 3.40. The lowest BCUT2D eigenvalue weighted by molar-refractivity contribution is -0.127. The summed E-state index contributed by atoms with van der Waals surface area (Å²) in [5.41, 5.74) is 0.548. The van der Waals surface area contributed by atoms with Gasteiger partial charge in [0.2, 0.25) is 0 Å².